The Hall–Kier alpha value is -2.68. The van der Waals surface area contributed by atoms with Gasteiger partial charge in [-0.3, -0.25) is 9.59 Å². The summed E-state index contributed by atoms with van der Waals surface area (Å²) in [5, 5.41) is 15.4. The number of amides is 3. The second kappa shape index (κ2) is 12.7. The van der Waals surface area contributed by atoms with Gasteiger partial charge in [-0.05, 0) is 51.3 Å². The van der Waals surface area contributed by atoms with Gasteiger partial charge in [-0.2, -0.15) is 12.6 Å². The van der Waals surface area contributed by atoms with Crippen molar-refractivity contribution >= 4 is 30.5 Å². The van der Waals surface area contributed by atoms with E-state index in [0.717, 1.165) is 32.1 Å². The molecule has 1 aromatic carbocycles. The van der Waals surface area contributed by atoms with Gasteiger partial charge in [-0.15, -0.1) is 6.58 Å². The average Bonchev–Trinajstić information content (AvgIpc) is 2.77. The van der Waals surface area contributed by atoms with E-state index < -0.39 is 29.7 Å². The zero-order valence-corrected chi connectivity index (χ0v) is 21.1. The molecule has 1 fully saturated rings. The number of hydrogen-bond donors (Lipinski definition) is 4. The molecule has 0 saturated heterocycles. The van der Waals surface area contributed by atoms with E-state index in [9.17, 15) is 19.5 Å². The normalized spacial score (nSPS) is 16.1. The number of aromatic hydroxyl groups is 1. The van der Waals surface area contributed by atoms with Crippen LogP contribution >= 0.6 is 12.6 Å². The first-order chi connectivity index (χ1) is 16.1. The largest absolute Gasteiger partial charge is 0.508 e. The molecule has 2 atom stereocenters. The number of carbonyl (C=O) groups excluding carboxylic acids is 3. The number of carbonyl (C=O) groups is 3. The molecule has 1 saturated carbocycles. The first-order valence-corrected chi connectivity index (χ1v) is 12.3. The van der Waals surface area contributed by atoms with Gasteiger partial charge < -0.3 is 25.4 Å². The molecule has 0 spiro atoms. The van der Waals surface area contributed by atoms with Crippen molar-refractivity contribution < 1.29 is 24.2 Å². The van der Waals surface area contributed by atoms with Crippen molar-refractivity contribution in [3.8, 4) is 5.75 Å². The van der Waals surface area contributed by atoms with Crippen molar-refractivity contribution in [1.29, 1.82) is 0 Å². The van der Waals surface area contributed by atoms with Crippen molar-refractivity contribution in [3.63, 3.8) is 0 Å². The highest BCUT2D eigenvalue weighted by Crippen LogP contribution is 2.26. The van der Waals surface area contributed by atoms with Crippen molar-refractivity contribution in [2.24, 2.45) is 0 Å². The lowest BCUT2D eigenvalue weighted by molar-refractivity contribution is -0.141. The molecule has 1 aliphatic carbocycles. The van der Waals surface area contributed by atoms with E-state index in [1.165, 1.54) is 23.1 Å². The molecule has 188 valence electrons. The van der Waals surface area contributed by atoms with E-state index in [1.54, 1.807) is 32.9 Å². The molecule has 8 nitrogen and oxygen atoms in total. The van der Waals surface area contributed by atoms with E-state index >= 15 is 0 Å². The zero-order valence-electron chi connectivity index (χ0n) is 20.3. The van der Waals surface area contributed by atoms with E-state index in [2.05, 4.69) is 29.8 Å². The highest BCUT2D eigenvalue weighted by atomic mass is 32.1. The predicted molar refractivity (Wildman–Crippen MR) is 135 cm³/mol. The third-order valence-electron chi connectivity index (χ3n) is 5.50. The Balaban J connectivity index is 2.34. The number of rotatable bonds is 9. The van der Waals surface area contributed by atoms with Crippen molar-refractivity contribution in [2.45, 2.75) is 76.6 Å². The minimum absolute atomic E-state index is 0.0122. The maximum absolute atomic E-state index is 13.6. The van der Waals surface area contributed by atoms with E-state index in [0.29, 0.717) is 5.56 Å². The second-order valence-corrected chi connectivity index (χ2v) is 9.86. The zero-order chi connectivity index (χ0) is 25.3. The van der Waals surface area contributed by atoms with Crippen LogP contribution in [0.4, 0.5) is 4.79 Å². The average molecular weight is 492 g/mol. The van der Waals surface area contributed by atoms with Crippen LogP contribution < -0.4 is 10.6 Å². The number of phenolic OH excluding ortho intramolecular Hbond substituents is 1. The van der Waals surface area contributed by atoms with Gasteiger partial charge in [0.25, 0.3) is 0 Å². The molecule has 3 N–H and O–H groups in total. The van der Waals surface area contributed by atoms with E-state index in [4.69, 9.17) is 4.74 Å². The van der Waals surface area contributed by atoms with Crippen LogP contribution in [0, 0.1) is 0 Å². The predicted octanol–water partition coefficient (Wildman–Crippen LogP) is 3.72. The standard InChI is InChI=1S/C25H37N3O5S/c1-5-15-28(23(31)20(16-34)27-24(32)33-25(2,3)4)21(17-11-13-19(29)14-12-17)22(30)26-18-9-7-6-8-10-18/h5,11-14,18,20-21,29,34H,1,6-10,15-16H2,2-4H3,(H,26,30)(H,27,32). The number of benzene rings is 1. The molecule has 1 aromatic rings. The molecule has 34 heavy (non-hydrogen) atoms. The van der Waals surface area contributed by atoms with Crippen LogP contribution in [0.5, 0.6) is 5.75 Å². The molecule has 0 bridgehead atoms. The maximum Gasteiger partial charge on any atom is 0.408 e. The minimum atomic E-state index is -1.01. The summed E-state index contributed by atoms with van der Waals surface area (Å²) >= 11 is 4.25. The smallest absolute Gasteiger partial charge is 0.408 e. The molecule has 9 heteroatoms. The van der Waals surface area contributed by atoms with Gasteiger partial charge in [-0.25, -0.2) is 4.79 Å². The van der Waals surface area contributed by atoms with Gasteiger partial charge >= 0.3 is 6.09 Å². The Kier molecular flexibility index (Phi) is 10.3. The Morgan fingerprint density at radius 2 is 1.82 bits per heavy atom. The SMILES string of the molecule is C=CCN(C(=O)C(CS)NC(=O)OC(C)(C)C)C(C(=O)NC1CCCCC1)c1ccc(O)cc1. The fraction of sp³-hybridized carbons (Fsp3) is 0.560. The molecule has 2 rings (SSSR count). The number of ether oxygens (including phenoxy) is 1. The lowest BCUT2D eigenvalue weighted by Crippen LogP contribution is -2.54. The van der Waals surface area contributed by atoms with Crippen LogP contribution in [0.25, 0.3) is 0 Å². The Bertz CT molecular complexity index is 847. The second-order valence-electron chi connectivity index (χ2n) is 9.50. The summed E-state index contributed by atoms with van der Waals surface area (Å²) in [6, 6.07) is 4.23. The highest BCUT2D eigenvalue weighted by Gasteiger charge is 2.36. The highest BCUT2D eigenvalue weighted by molar-refractivity contribution is 7.80. The van der Waals surface area contributed by atoms with Gasteiger partial charge in [-0.1, -0.05) is 37.5 Å². The number of phenols is 1. The number of nitrogens with one attached hydrogen (secondary N) is 2. The lowest BCUT2D eigenvalue weighted by Gasteiger charge is -2.35. The lowest BCUT2D eigenvalue weighted by atomic mass is 9.94. The summed E-state index contributed by atoms with van der Waals surface area (Å²) in [6.07, 6.45) is 5.81. The Labute approximate surface area is 207 Å². The van der Waals surface area contributed by atoms with Crippen molar-refractivity contribution in [3.05, 3.63) is 42.5 Å². The summed E-state index contributed by atoms with van der Waals surface area (Å²) in [6.45, 7) is 9.00. The van der Waals surface area contributed by atoms with Crippen molar-refractivity contribution in [2.75, 3.05) is 12.3 Å². The first-order valence-electron chi connectivity index (χ1n) is 11.7. The van der Waals surface area contributed by atoms with Crippen LogP contribution in [0.3, 0.4) is 0 Å². The third-order valence-corrected chi connectivity index (χ3v) is 5.87. The molecule has 0 aromatic heterocycles. The maximum atomic E-state index is 13.6. The van der Waals surface area contributed by atoms with Gasteiger partial charge in [0.15, 0.2) is 0 Å². The molecular weight excluding hydrogens is 454 g/mol. The van der Waals surface area contributed by atoms with E-state index in [-0.39, 0.29) is 30.0 Å². The quantitative estimate of drug-likeness (QED) is 0.311. The topological polar surface area (TPSA) is 108 Å². The molecule has 0 heterocycles. The molecule has 1 aliphatic rings. The number of nitrogens with zero attached hydrogens (tertiary/aromatic N) is 1. The first kappa shape index (κ1) is 27.6. The van der Waals surface area contributed by atoms with Gasteiger partial charge in [0.2, 0.25) is 11.8 Å². The number of alkyl carbamates (subject to hydrolysis) is 1. The number of hydrogen-bond acceptors (Lipinski definition) is 6. The summed E-state index contributed by atoms with van der Waals surface area (Å²) in [4.78, 5) is 40.8. The molecule has 2 unspecified atom stereocenters. The van der Waals surface area contributed by atoms with Crippen LogP contribution in [0.2, 0.25) is 0 Å². The van der Waals surface area contributed by atoms with Crippen LogP contribution in [0.15, 0.2) is 36.9 Å². The molecule has 0 aliphatic heterocycles. The van der Waals surface area contributed by atoms with Gasteiger partial charge in [0, 0.05) is 18.3 Å². The summed E-state index contributed by atoms with van der Waals surface area (Å²) < 4.78 is 5.28. The Morgan fingerprint density at radius 3 is 2.35 bits per heavy atom. The minimum Gasteiger partial charge on any atom is -0.508 e. The fourth-order valence-corrected chi connectivity index (χ4v) is 4.20. The van der Waals surface area contributed by atoms with Crippen LogP contribution in [-0.4, -0.2) is 57.9 Å². The Morgan fingerprint density at radius 1 is 1.21 bits per heavy atom. The van der Waals surface area contributed by atoms with Gasteiger partial charge in [0.1, 0.15) is 23.4 Å². The molecule has 0 radical (unpaired) electrons. The summed E-state index contributed by atoms with van der Waals surface area (Å²) in [5.74, 6) is -0.740. The molecular formula is C25H37N3O5S. The van der Waals surface area contributed by atoms with Crippen LogP contribution in [0.1, 0.15) is 64.5 Å². The fourth-order valence-electron chi connectivity index (χ4n) is 3.95. The molecule has 3 amide bonds. The third kappa shape index (κ3) is 8.27. The van der Waals surface area contributed by atoms with Crippen LogP contribution in [-0.2, 0) is 14.3 Å². The van der Waals surface area contributed by atoms with Crippen molar-refractivity contribution in [1.82, 2.24) is 15.5 Å². The summed E-state index contributed by atoms with van der Waals surface area (Å²) in [7, 11) is 0. The van der Waals surface area contributed by atoms with E-state index in [1.807, 2.05) is 0 Å². The summed E-state index contributed by atoms with van der Waals surface area (Å²) in [5.41, 5.74) is -0.194. The number of thiol groups is 1. The monoisotopic (exact) mass is 491 g/mol. The van der Waals surface area contributed by atoms with Gasteiger partial charge in [0.05, 0.1) is 0 Å².